The van der Waals surface area contributed by atoms with Crippen LogP contribution in [0.4, 0.5) is 25.2 Å². The van der Waals surface area contributed by atoms with Gasteiger partial charge in [-0.3, -0.25) is 9.72 Å². The number of nitrogens with one attached hydrogen (secondary N) is 2. The topological polar surface area (TPSA) is 71.3 Å². The van der Waals surface area contributed by atoms with Gasteiger partial charge >= 0.3 is 6.03 Å². The van der Waals surface area contributed by atoms with Crippen LogP contribution in [0.3, 0.4) is 0 Å². The maximum absolute atomic E-state index is 13.5. The number of rotatable bonds is 2. The van der Waals surface area contributed by atoms with Crippen molar-refractivity contribution in [2.75, 3.05) is 10.6 Å². The molecule has 9 heteroatoms. The number of amides is 2. The molecule has 3 aromatic rings. The van der Waals surface area contributed by atoms with Gasteiger partial charge in [0.05, 0.1) is 5.69 Å². The molecule has 0 radical (unpaired) electrons. The molecule has 112 valence electrons. The number of hydrogen-bond acceptors (Lipinski definition) is 3. The van der Waals surface area contributed by atoms with E-state index in [1.165, 1.54) is 4.40 Å². The molecule has 2 heterocycles. The average molecular weight is 324 g/mol. The predicted octanol–water partition coefficient (Wildman–Crippen LogP) is 3.30. The third-order valence-electron chi connectivity index (χ3n) is 2.79. The van der Waals surface area contributed by atoms with Crippen LogP contribution in [0.5, 0.6) is 0 Å². The summed E-state index contributed by atoms with van der Waals surface area (Å²) in [7, 11) is 0. The fourth-order valence-corrected chi connectivity index (χ4v) is 2.07. The first-order valence-corrected chi connectivity index (χ1v) is 6.45. The second-order valence-corrected chi connectivity index (χ2v) is 4.66. The zero-order valence-corrected chi connectivity index (χ0v) is 11.6. The Labute approximate surface area is 127 Å². The first-order valence-electron chi connectivity index (χ1n) is 6.07. The summed E-state index contributed by atoms with van der Waals surface area (Å²) in [6, 6.07) is 6.98. The van der Waals surface area contributed by atoms with Gasteiger partial charge in [0.25, 0.3) is 0 Å². The summed E-state index contributed by atoms with van der Waals surface area (Å²) in [6.07, 6.45) is 0. The molecule has 22 heavy (non-hydrogen) atoms. The molecule has 0 saturated carbocycles. The molecule has 0 aliphatic carbocycles. The van der Waals surface area contributed by atoms with Crippen LogP contribution in [0.2, 0.25) is 5.15 Å². The molecule has 0 bridgehead atoms. The monoisotopic (exact) mass is 323 g/mol. The standard InChI is InChI=1S/C13H8ClF2N5O/c14-10-2-1-3-11-19-20-12(21(10)11)18-13(22)17-9-5-4-7(15)6-8(9)16/h1-6H,(H2,17,18,20,22). The molecule has 0 atom stereocenters. The van der Waals surface area contributed by atoms with E-state index in [-0.39, 0.29) is 11.6 Å². The summed E-state index contributed by atoms with van der Waals surface area (Å²) in [5.41, 5.74) is 0.273. The average Bonchev–Trinajstić information content (AvgIpc) is 2.86. The summed E-state index contributed by atoms with van der Waals surface area (Å²) >= 11 is 6.00. The Hall–Kier alpha value is -2.74. The van der Waals surface area contributed by atoms with Crippen LogP contribution < -0.4 is 10.6 Å². The second-order valence-electron chi connectivity index (χ2n) is 4.27. The third-order valence-corrected chi connectivity index (χ3v) is 3.08. The Balaban J connectivity index is 1.81. The summed E-state index contributed by atoms with van der Waals surface area (Å²) in [5, 5.41) is 12.5. The van der Waals surface area contributed by atoms with Gasteiger partial charge in [0.2, 0.25) is 5.95 Å². The molecular formula is C13H8ClF2N5O. The van der Waals surface area contributed by atoms with Gasteiger partial charge in [0.1, 0.15) is 16.8 Å². The van der Waals surface area contributed by atoms with Crippen molar-refractivity contribution in [3.8, 4) is 0 Å². The minimum atomic E-state index is -0.890. The summed E-state index contributed by atoms with van der Waals surface area (Å²) in [5.74, 6) is -1.56. The number of anilines is 2. The molecule has 0 fully saturated rings. The molecule has 1 aromatic carbocycles. The lowest BCUT2D eigenvalue weighted by Crippen LogP contribution is -2.21. The van der Waals surface area contributed by atoms with E-state index in [1.807, 2.05) is 0 Å². The second kappa shape index (κ2) is 5.57. The number of pyridine rings is 1. The van der Waals surface area contributed by atoms with Crippen molar-refractivity contribution in [3.63, 3.8) is 0 Å². The number of aromatic nitrogens is 3. The van der Waals surface area contributed by atoms with Crippen molar-refractivity contribution in [1.82, 2.24) is 14.6 Å². The van der Waals surface area contributed by atoms with E-state index in [1.54, 1.807) is 18.2 Å². The van der Waals surface area contributed by atoms with E-state index in [2.05, 4.69) is 20.8 Å². The van der Waals surface area contributed by atoms with Crippen LogP contribution in [-0.4, -0.2) is 20.6 Å². The molecule has 3 rings (SSSR count). The van der Waals surface area contributed by atoms with Gasteiger partial charge < -0.3 is 5.32 Å². The van der Waals surface area contributed by atoms with Gasteiger partial charge in [-0.25, -0.2) is 13.6 Å². The van der Waals surface area contributed by atoms with Gasteiger partial charge in [0, 0.05) is 6.07 Å². The van der Waals surface area contributed by atoms with Gasteiger partial charge in [-0.1, -0.05) is 17.7 Å². The van der Waals surface area contributed by atoms with Crippen molar-refractivity contribution < 1.29 is 13.6 Å². The quantitative estimate of drug-likeness (QED) is 0.711. The fraction of sp³-hybridized carbons (Fsp3) is 0. The minimum absolute atomic E-state index is 0.0700. The van der Waals surface area contributed by atoms with Crippen molar-refractivity contribution in [1.29, 1.82) is 0 Å². The molecular weight excluding hydrogens is 316 g/mol. The van der Waals surface area contributed by atoms with Crippen LogP contribution in [0.15, 0.2) is 36.4 Å². The molecule has 6 nitrogen and oxygen atoms in total. The fourth-order valence-electron chi connectivity index (χ4n) is 1.83. The van der Waals surface area contributed by atoms with Gasteiger partial charge in [-0.2, -0.15) is 0 Å². The molecule has 0 aliphatic rings. The number of carbonyl (C=O) groups excluding carboxylic acids is 1. The number of benzene rings is 1. The lowest BCUT2D eigenvalue weighted by atomic mass is 10.3. The molecule has 0 aliphatic heterocycles. The first kappa shape index (κ1) is 14.2. The van der Waals surface area contributed by atoms with E-state index in [4.69, 9.17) is 11.6 Å². The van der Waals surface area contributed by atoms with E-state index in [0.29, 0.717) is 16.9 Å². The van der Waals surface area contributed by atoms with Crippen LogP contribution in [0, 0.1) is 11.6 Å². The van der Waals surface area contributed by atoms with E-state index >= 15 is 0 Å². The summed E-state index contributed by atoms with van der Waals surface area (Å²) in [4.78, 5) is 11.9. The summed E-state index contributed by atoms with van der Waals surface area (Å²) < 4.78 is 27.7. The Morgan fingerprint density at radius 1 is 1.14 bits per heavy atom. The van der Waals surface area contributed by atoms with Gasteiger partial charge in [-0.15, -0.1) is 10.2 Å². The lowest BCUT2D eigenvalue weighted by Gasteiger charge is -2.07. The molecule has 2 N–H and O–H groups in total. The van der Waals surface area contributed by atoms with E-state index in [0.717, 1.165) is 12.1 Å². The van der Waals surface area contributed by atoms with Gasteiger partial charge in [-0.05, 0) is 24.3 Å². The molecule has 2 amide bonds. The van der Waals surface area contributed by atoms with Crippen LogP contribution in [0.1, 0.15) is 0 Å². The number of nitrogens with zero attached hydrogens (tertiary/aromatic N) is 3. The zero-order chi connectivity index (χ0) is 15.7. The zero-order valence-electron chi connectivity index (χ0n) is 10.8. The van der Waals surface area contributed by atoms with Gasteiger partial charge in [0.15, 0.2) is 5.65 Å². The highest BCUT2D eigenvalue weighted by atomic mass is 35.5. The summed E-state index contributed by atoms with van der Waals surface area (Å²) in [6.45, 7) is 0. The van der Waals surface area contributed by atoms with Crippen LogP contribution in [0.25, 0.3) is 5.65 Å². The minimum Gasteiger partial charge on any atom is -0.305 e. The van der Waals surface area contributed by atoms with E-state index < -0.39 is 17.7 Å². The lowest BCUT2D eigenvalue weighted by molar-refractivity contribution is 0.262. The Morgan fingerprint density at radius 2 is 1.95 bits per heavy atom. The van der Waals surface area contributed by atoms with Crippen molar-refractivity contribution in [2.24, 2.45) is 0 Å². The third kappa shape index (κ3) is 2.68. The number of carbonyl (C=O) groups is 1. The Morgan fingerprint density at radius 3 is 2.73 bits per heavy atom. The first-order chi connectivity index (χ1) is 10.5. The predicted molar refractivity (Wildman–Crippen MR) is 77.0 cm³/mol. The number of urea groups is 1. The molecule has 0 saturated heterocycles. The maximum atomic E-state index is 13.5. The highest BCUT2D eigenvalue weighted by Crippen LogP contribution is 2.18. The molecule has 2 aromatic heterocycles. The normalized spacial score (nSPS) is 10.7. The number of hydrogen-bond donors (Lipinski definition) is 2. The molecule has 0 unspecified atom stereocenters. The Bertz CT molecular complexity index is 867. The highest BCUT2D eigenvalue weighted by Gasteiger charge is 2.13. The van der Waals surface area contributed by atoms with Crippen LogP contribution in [-0.2, 0) is 0 Å². The highest BCUT2D eigenvalue weighted by molar-refractivity contribution is 6.30. The van der Waals surface area contributed by atoms with Crippen molar-refractivity contribution >= 4 is 34.9 Å². The number of fused-ring (bicyclic) bond motifs is 1. The SMILES string of the molecule is O=C(Nc1ccc(F)cc1F)Nc1nnc2cccc(Cl)n12. The largest absolute Gasteiger partial charge is 0.326 e. The molecule has 0 spiro atoms. The van der Waals surface area contributed by atoms with E-state index in [9.17, 15) is 13.6 Å². The smallest absolute Gasteiger partial charge is 0.305 e. The Kier molecular flexibility index (Phi) is 3.60. The maximum Gasteiger partial charge on any atom is 0.326 e. The number of halogens is 3. The van der Waals surface area contributed by atoms with Crippen molar-refractivity contribution in [3.05, 3.63) is 53.2 Å². The van der Waals surface area contributed by atoms with Crippen LogP contribution >= 0.6 is 11.6 Å². The van der Waals surface area contributed by atoms with Crippen molar-refractivity contribution in [2.45, 2.75) is 0 Å².